The van der Waals surface area contributed by atoms with Crippen molar-refractivity contribution < 1.29 is 21.6 Å². The number of halogens is 3. The average molecular weight is 476 g/mol. The molecule has 5 nitrogen and oxygen atoms in total. The quantitative estimate of drug-likeness (QED) is 0.541. The van der Waals surface area contributed by atoms with Crippen LogP contribution in [0.2, 0.25) is 0 Å². The van der Waals surface area contributed by atoms with Crippen LogP contribution in [0.25, 0.3) is 0 Å². The van der Waals surface area contributed by atoms with Gasteiger partial charge in [-0.3, -0.25) is 9.88 Å². The number of hydrogen-bond donors (Lipinski definition) is 0. The molecule has 0 aliphatic carbocycles. The van der Waals surface area contributed by atoms with E-state index in [4.69, 9.17) is 0 Å². The molecule has 0 saturated carbocycles. The van der Waals surface area contributed by atoms with E-state index in [1.807, 2.05) is 36.4 Å². The highest BCUT2D eigenvalue weighted by Gasteiger charge is 2.32. The molecule has 174 valence electrons. The maximum Gasteiger partial charge on any atom is 0.417 e. The van der Waals surface area contributed by atoms with Gasteiger partial charge in [0, 0.05) is 44.3 Å². The van der Waals surface area contributed by atoms with E-state index in [0.29, 0.717) is 31.9 Å². The number of hydrogen-bond acceptors (Lipinski definition) is 5. The van der Waals surface area contributed by atoms with Gasteiger partial charge in [-0.05, 0) is 35.9 Å². The van der Waals surface area contributed by atoms with Crippen LogP contribution in [-0.2, 0) is 22.6 Å². The predicted octanol–water partition coefficient (Wildman–Crippen LogP) is 4.57. The lowest BCUT2D eigenvalue weighted by atomic mass is 10.0. The van der Waals surface area contributed by atoms with E-state index >= 15 is 0 Å². The molecule has 0 amide bonds. The van der Waals surface area contributed by atoms with E-state index in [0.717, 1.165) is 23.5 Å². The number of piperazine rings is 1. The Hall–Kier alpha value is -2.91. The molecule has 0 N–H and O–H groups in total. The summed E-state index contributed by atoms with van der Waals surface area (Å²) >= 11 is 0. The molecule has 0 spiro atoms. The number of aromatic nitrogens is 1. The van der Waals surface area contributed by atoms with E-state index in [-0.39, 0.29) is 10.9 Å². The Bertz CT molecular complexity index is 1200. The molecule has 1 aliphatic heterocycles. The van der Waals surface area contributed by atoms with Gasteiger partial charge in [0.2, 0.25) is 0 Å². The molecule has 1 unspecified atom stereocenters. The van der Waals surface area contributed by atoms with Crippen LogP contribution in [0.15, 0.2) is 77.8 Å². The fourth-order valence-electron chi connectivity index (χ4n) is 4.04. The first-order valence-corrected chi connectivity index (χ1v) is 12.4. The normalized spacial score (nSPS) is 17.8. The maximum atomic E-state index is 12.9. The summed E-state index contributed by atoms with van der Waals surface area (Å²) in [6.07, 6.45) is -2.35. The summed E-state index contributed by atoms with van der Waals surface area (Å²) in [5, 5.41) is 0. The van der Waals surface area contributed by atoms with Crippen molar-refractivity contribution in [1.82, 2.24) is 9.88 Å². The van der Waals surface area contributed by atoms with Gasteiger partial charge in [-0.25, -0.2) is 8.42 Å². The summed E-state index contributed by atoms with van der Waals surface area (Å²) in [6.45, 7) is 2.31. The van der Waals surface area contributed by atoms with E-state index in [1.54, 1.807) is 18.2 Å². The molecule has 1 aliphatic rings. The van der Waals surface area contributed by atoms with Crippen LogP contribution >= 0.6 is 0 Å². The van der Waals surface area contributed by atoms with Gasteiger partial charge in [0.1, 0.15) is 0 Å². The Labute approximate surface area is 191 Å². The van der Waals surface area contributed by atoms with Crippen molar-refractivity contribution in [1.29, 1.82) is 0 Å². The van der Waals surface area contributed by atoms with Gasteiger partial charge in [0.15, 0.2) is 9.84 Å². The molecular weight excluding hydrogens is 451 g/mol. The summed E-state index contributed by atoms with van der Waals surface area (Å²) in [5.74, 6) is 0. The molecule has 2 heterocycles. The van der Waals surface area contributed by atoms with Crippen molar-refractivity contribution in [3.05, 3.63) is 89.7 Å². The molecule has 1 saturated heterocycles. The second kappa shape index (κ2) is 9.15. The molecular formula is C24H24F3N3O2S. The zero-order valence-corrected chi connectivity index (χ0v) is 18.9. The van der Waals surface area contributed by atoms with Gasteiger partial charge in [0.25, 0.3) is 0 Å². The number of alkyl halides is 3. The van der Waals surface area contributed by atoms with Gasteiger partial charge >= 0.3 is 6.18 Å². The number of pyridine rings is 1. The lowest BCUT2D eigenvalue weighted by Gasteiger charge is -2.42. The molecule has 1 atom stereocenters. The summed E-state index contributed by atoms with van der Waals surface area (Å²) < 4.78 is 62.6. The first-order chi connectivity index (χ1) is 15.6. The fraction of sp³-hybridized carbons (Fsp3) is 0.292. The van der Waals surface area contributed by atoms with Crippen LogP contribution in [-0.4, -0.2) is 44.2 Å². The SMILES string of the molecule is CS(=O)(=O)c1cccc(N2CCN(Cc3ccc(C(F)(F)F)cn3)C(c3ccccc3)C2)c1. The van der Waals surface area contributed by atoms with Crippen molar-refractivity contribution in [3.63, 3.8) is 0 Å². The van der Waals surface area contributed by atoms with Gasteiger partial charge in [0.05, 0.1) is 22.2 Å². The van der Waals surface area contributed by atoms with Crippen molar-refractivity contribution in [2.75, 3.05) is 30.8 Å². The topological polar surface area (TPSA) is 53.5 Å². The van der Waals surface area contributed by atoms with Gasteiger partial charge in [-0.2, -0.15) is 13.2 Å². The minimum Gasteiger partial charge on any atom is -0.368 e. The lowest BCUT2D eigenvalue weighted by molar-refractivity contribution is -0.137. The second-order valence-corrected chi connectivity index (χ2v) is 10.2. The highest BCUT2D eigenvalue weighted by Crippen LogP contribution is 2.32. The Morgan fingerprint density at radius 1 is 1.00 bits per heavy atom. The van der Waals surface area contributed by atoms with Crippen LogP contribution in [0, 0.1) is 0 Å². The van der Waals surface area contributed by atoms with Crippen molar-refractivity contribution in [2.24, 2.45) is 0 Å². The number of benzene rings is 2. The second-order valence-electron chi connectivity index (χ2n) is 8.15. The Balaban J connectivity index is 1.58. The molecule has 33 heavy (non-hydrogen) atoms. The predicted molar refractivity (Wildman–Crippen MR) is 121 cm³/mol. The Morgan fingerprint density at radius 3 is 2.39 bits per heavy atom. The highest BCUT2D eigenvalue weighted by atomic mass is 32.2. The standard InChI is InChI=1S/C24H24F3N3O2S/c1-33(31,32)22-9-5-8-21(14-22)29-12-13-30(23(17-29)18-6-3-2-4-7-18)16-20-11-10-19(15-28-20)24(25,26)27/h2-11,14-15,23H,12-13,16-17H2,1H3. The number of rotatable bonds is 5. The maximum absolute atomic E-state index is 12.9. The first kappa shape index (κ1) is 23.3. The zero-order chi connectivity index (χ0) is 23.6. The van der Waals surface area contributed by atoms with Gasteiger partial charge in [-0.1, -0.05) is 36.4 Å². The lowest BCUT2D eigenvalue weighted by Crippen LogP contribution is -2.48. The summed E-state index contributed by atoms with van der Waals surface area (Å²) in [6, 6.07) is 19.2. The molecule has 3 aromatic rings. The van der Waals surface area contributed by atoms with Crippen molar-refractivity contribution in [3.8, 4) is 0 Å². The summed E-state index contributed by atoms with van der Waals surface area (Å²) in [5.41, 5.74) is 1.71. The average Bonchev–Trinajstić information content (AvgIpc) is 2.79. The number of anilines is 1. The third-order valence-corrected chi connectivity index (χ3v) is 6.91. The fourth-order valence-corrected chi connectivity index (χ4v) is 4.70. The van der Waals surface area contributed by atoms with Crippen LogP contribution < -0.4 is 4.90 Å². The number of nitrogens with zero attached hydrogens (tertiary/aromatic N) is 3. The van der Waals surface area contributed by atoms with Crippen LogP contribution in [0.3, 0.4) is 0 Å². The minimum absolute atomic E-state index is 0.0362. The van der Waals surface area contributed by atoms with Crippen molar-refractivity contribution in [2.45, 2.75) is 23.7 Å². The van der Waals surface area contributed by atoms with Crippen molar-refractivity contribution >= 4 is 15.5 Å². The van der Waals surface area contributed by atoms with Gasteiger partial charge < -0.3 is 4.90 Å². The largest absolute Gasteiger partial charge is 0.417 e. The molecule has 1 fully saturated rings. The Morgan fingerprint density at radius 2 is 1.76 bits per heavy atom. The van der Waals surface area contributed by atoms with E-state index < -0.39 is 21.6 Å². The molecule has 2 aromatic carbocycles. The number of sulfone groups is 1. The van der Waals surface area contributed by atoms with Crippen LogP contribution in [0.1, 0.15) is 22.9 Å². The van der Waals surface area contributed by atoms with E-state index in [2.05, 4.69) is 14.8 Å². The highest BCUT2D eigenvalue weighted by molar-refractivity contribution is 7.90. The zero-order valence-electron chi connectivity index (χ0n) is 18.0. The molecule has 0 radical (unpaired) electrons. The Kier molecular flexibility index (Phi) is 6.45. The summed E-state index contributed by atoms with van der Waals surface area (Å²) in [4.78, 5) is 8.65. The molecule has 9 heteroatoms. The molecule has 4 rings (SSSR count). The van der Waals surface area contributed by atoms with Crippen LogP contribution in [0.4, 0.5) is 18.9 Å². The molecule has 0 bridgehead atoms. The molecule has 1 aromatic heterocycles. The minimum atomic E-state index is -4.41. The smallest absolute Gasteiger partial charge is 0.368 e. The third kappa shape index (κ3) is 5.54. The van der Waals surface area contributed by atoms with E-state index in [1.165, 1.54) is 12.3 Å². The monoisotopic (exact) mass is 475 g/mol. The van der Waals surface area contributed by atoms with Gasteiger partial charge in [-0.15, -0.1) is 0 Å². The van der Waals surface area contributed by atoms with Crippen LogP contribution in [0.5, 0.6) is 0 Å². The first-order valence-electron chi connectivity index (χ1n) is 10.5. The van der Waals surface area contributed by atoms with E-state index in [9.17, 15) is 21.6 Å². The summed E-state index contributed by atoms with van der Waals surface area (Å²) in [7, 11) is -3.32. The third-order valence-electron chi connectivity index (χ3n) is 5.80.